The Hall–Kier alpha value is -2.36. The van der Waals surface area contributed by atoms with E-state index >= 15 is 0 Å². The zero-order chi connectivity index (χ0) is 14.0. The van der Waals surface area contributed by atoms with Crippen LogP contribution in [-0.4, -0.2) is 23.8 Å². The van der Waals surface area contributed by atoms with Crippen molar-refractivity contribution in [3.05, 3.63) is 58.4 Å². The number of H-pyrrole nitrogens is 1. The fourth-order valence-electron chi connectivity index (χ4n) is 2.16. The maximum atomic E-state index is 12.5. The van der Waals surface area contributed by atoms with Crippen molar-refractivity contribution in [2.24, 2.45) is 0 Å². The van der Waals surface area contributed by atoms with Crippen molar-refractivity contribution >= 4 is 11.8 Å². The van der Waals surface area contributed by atoms with Crippen LogP contribution in [-0.2, 0) is 4.74 Å². The van der Waals surface area contributed by atoms with E-state index < -0.39 is 5.97 Å². The number of hydrogen-bond donors (Lipinski definition) is 1. The molecule has 2 rings (SSSR count). The molecule has 0 spiro atoms. The smallest absolute Gasteiger partial charge is 0.340 e. The van der Waals surface area contributed by atoms with Gasteiger partial charge in [0, 0.05) is 17.0 Å². The Kier molecular flexibility index (Phi) is 3.51. The summed E-state index contributed by atoms with van der Waals surface area (Å²) in [5.74, 6) is -0.677. The summed E-state index contributed by atoms with van der Waals surface area (Å²) in [5, 5.41) is 0. The highest BCUT2D eigenvalue weighted by Crippen LogP contribution is 2.22. The standard InChI is InChI=1S/C15H15NO3/c1-9-12(13(10(2)16-9)15(18)19-3)14(17)11-7-5-4-6-8-11/h4-8,16H,1-3H3. The summed E-state index contributed by atoms with van der Waals surface area (Å²) in [6.45, 7) is 3.52. The lowest BCUT2D eigenvalue weighted by Crippen LogP contribution is -2.11. The number of ketones is 1. The molecular formula is C15H15NO3. The van der Waals surface area contributed by atoms with Crippen LogP contribution in [0.1, 0.15) is 37.7 Å². The first-order valence-electron chi connectivity index (χ1n) is 5.93. The number of esters is 1. The van der Waals surface area contributed by atoms with Crippen molar-refractivity contribution < 1.29 is 14.3 Å². The van der Waals surface area contributed by atoms with E-state index in [4.69, 9.17) is 4.74 Å². The van der Waals surface area contributed by atoms with E-state index in [1.54, 1.807) is 38.1 Å². The lowest BCUT2D eigenvalue weighted by atomic mass is 9.99. The second-order valence-corrected chi connectivity index (χ2v) is 4.31. The summed E-state index contributed by atoms with van der Waals surface area (Å²) >= 11 is 0. The monoisotopic (exact) mass is 257 g/mol. The summed E-state index contributed by atoms with van der Waals surface area (Å²) in [5.41, 5.74) is 2.56. The topological polar surface area (TPSA) is 59.2 Å². The molecule has 0 aliphatic rings. The van der Waals surface area contributed by atoms with Gasteiger partial charge in [-0.05, 0) is 13.8 Å². The molecule has 0 bridgehead atoms. The maximum Gasteiger partial charge on any atom is 0.340 e. The number of hydrogen-bond acceptors (Lipinski definition) is 3. The Balaban J connectivity index is 2.57. The van der Waals surface area contributed by atoms with Crippen LogP contribution < -0.4 is 0 Å². The number of aromatic amines is 1. The van der Waals surface area contributed by atoms with Gasteiger partial charge in [0.05, 0.1) is 18.2 Å². The van der Waals surface area contributed by atoms with Gasteiger partial charge in [0.25, 0.3) is 0 Å². The van der Waals surface area contributed by atoms with Crippen molar-refractivity contribution in [1.82, 2.24) is 4.98 Å². The van der Waals surface area contributed by atoms with Crippen LogP contribution >= 0.6 is 0 Å². The third-order valence-corrected chi connectivity index (χ3v) is 3.03. The summed E-state index contributed by atoms with van der Waals surface area (Å²) in [6, 6.07) is 8.88. The van der Waals surface area contributed by atoms with E-state index in [1.807, 2.05) is 6.07 Å². The van der Waals surface area contributed by atoms with E-state index in [0.29, 0.717) is 28.1 Å². The van der Waals surface area contributed by atoms with Crippen LogP contribution in [0, 0.1) is 13.8 Å². The molecule has 0 amide bonds. The molecule has 0 atom stereocenters. The zero-order valence-corrected chi connectivity index (χ0v) is 11.1. The summed E-state index contributed by atoms with van der Waals surface area (Å²) in [7, 11) is 1.31. The van der Waals surface area contributed by atoms with Gasteiger partial charge in [-0.15, -0.1) is 0 Å². The average Bonchev–Trinajstić information content (AvgIpc) is 2.72. The molecule has 1 aromatic heterocycles. The van der Waals surface area contributed by atoms with Gasteiger partial charge in [-0.25, -0.2) is 4.79 Å². The highest BCUT2D eigenvalue weighted by molar-refractivity contribution is 6.15. The highest BCUT2D eigenvalue weighted by atomic mass is 16.5. The molecule has 1 aromatic carbocycles. The zero-order valence-electron chi connectivity index (χ0n) is 11.1. The Morgan fingerprint density at radius 1 is 1.00 bits per heavy atom. The van der Waals surface area contributed by atoms with Gasteiger partial charge in [0.2, 0.25) is 0 Å². The molecule has 4 nitrogen and oxygen atoms in total. The molecular weight excluding hydrogens is 242 g/mol. The molecule has 1 N–H and O–H groups in total. The molecule has 0 saturated carbocycles. The average molecular weight is 257 g/mol. The molecule has 19 heavy (non-hydrogen) atoms. The fraction of sp³-hybridized carbons (Fsp3) is 0.200. The summed E-state index contributed by atoms with van der Waals surface area (Å²) in [6.07, 6.45) is 0. The molecule has 98 valence electrons. The van der Waals surface area contributed by atoms with Crippen molar-refractivity contribution in [1.29, 1.82) is 0 Å². The van der Waals surface area contributed by atoms with E-state index in [9.17, 15) is 9.59 Å². The van der Waals surface area contributed by atoms with Crippen LogP contribution in [0.4, 0.5) is 0 Å². The second kappa shape index (κ2) is 5.10. The number of nitrogens with one attached hydrogen (secondary N) is 1. The Morgan fingerprint density at radius 3 is 2.16 bits per heavy atom. The van der Waals surface area contributed by atoms with E-state index in [-0.39, 0.29) is 5.78 Å². The molecule has 0 radical (unpaired) electrons. The summed E-state index contributed by atoms with van der Waals surface area (Å²) in [4.78, 5) is 27.3. The van der Waals surface area contributed by atoms with Gasteiger partial charge < -0.3 is 9.72 Å². The third kappa shape index (κ3) is 2.29. The van der Waals surface area contributed by atoms with Crippen molar-refractivity contribution in [2.45, 2.75) is 13.8 Å². The number of aryl methyl sites for hydroxylation is 2. The van der Waals surface area contributed by atoms with Crippen LogP contribution in [0.2, 0.25) is 0 Å². The number of benzene rings is 1. The molecule has 0 saturated heterocycles. The minimum absolute atomic E-state index is 0.178. The van der Waals surface area contributed by atoms with Crippen LogP contribution in [0.15, 0.2) is 30.3 Å². The van der Waals surface area contributed by atoms with Gasteiger partial charge >= 0.3 is 5.97 Å². The molecule has 0 unspecified atom stereocenters. The molecule has 1 heterocycles. The number of aromatic nitrogens is 1. The first-order valence-corrected chi connectivity index (χ1v) is 5.93. The molecule has 0 aliphatic carbocycles. The highest BCUT2D eigenvalue weighted by Gasteiger charge is 2.25. The van der Waals surface area contributed by atoms with Crippen molar-refractivity contribution in [2.75, 3.05) is 7.11 Å². The van der Waals surface area contributed by atoms with E-state index in [0.717, 1.165) is 0 Å². The van der Waals surface area contributed by atoms with Crippen LogP contribution in [0.5, 0.6) is 0 Å². The number of rotatable bonds is 3. The van der Waals surface area contributed by atoms with E-state index in [2.05, 4.69) is 4.98 Å². The number of carbonyl (C=O) groups excluding carboxylic acids is 2. The van der Waals surface area contributed by atoms with Gasteiger partial charge in [-0.2, -0.15) is 0 Å². The lowest BCUT2D eigenvalue weighted by Gasteiger charge is -2.04. The molecule has 0 fully saturated rings. The summed E-state index contributed by atoms with van der Waals surface area (Å²) < 4.78 is 4.75. The Bertz CT molecular complexity index is 626. The van der Waals surface area contributed by atoms with Crippen LogP contribution in [0.25, 0.3) is 0 Å². The first kappa shape index (κ1) is 13.1. The third-order valence-electron chi connectivity index (χ3n) is 3.03. The molecule has 2 aromatic rings. The Morgan fingerprint density at radius 2 is 1.58 bits per heavy atom. The largest absolute Gasteiger partial charge is 0.465 e. The SMILES string of the molecule is COC(=O)c1c(C)[nH]c(C)c1C(=O)c1ccccc1. The predicted molar refractivity (Wildman–Crippen MR) is 71.5 cm³/mol. The minimum Gasteiger partial charge on any atom is -0.465 e. The quantitative estimate of drug-likeness (QED) is 0.679. The predicted octanol–water partition coefficient (Wildman–Crippen LogP) is 2.65. The molecule has 0 aliphatic heterocycles. The minimum atomic E-state index is -0.499. The van der Waals surface area contributed by atoms with Gasteiger partial charge in [0.1, 0.15) is 0 Å². The second-order valence-electron chi connectivity index (χ2n) is 4.31. The van der Waals surface area contributed by atoms with E-state index in [1.165, 1.54) is 7.11 Å². The number of methoxy groups -OCH3 is 1. The van der Waals surface area contributed by atoms with Crippen molar-refractivity contribution in [3.8, 4) is 0 Å². The maximum absolute atomic E-state index is 12.5. The molecule has 4 heteroatoms. The fourth-order valence-corrected chi connectivity index (χ4v) is 2.16. The van der Waals surface area contributed by atoms with Crippen molar-refractivity contribution in [3.63, 3.8) is 0 Å². The number of ether oxygens (including phenoxy) is 1. The van der Waals surface area contributed by atoms with Crippen LogP contribution in [0.3, 0.4) is 0 Å². The number of carbonyl (C=O) groups is 2. The lowest BCUT2D eigenvalue weighted by molar-refractivity contribution is 0.0597. The Labute approximate surface area is 111 Å². The van der Waals surface area contributed by atoms with Gasteiger partial charge in [-0.1, -0.05) is 30.3 Å². The first-order chi connectivity index (χ1) is 9.06. The normalized spacial score (nSPS) is 10.3. The van der Waals surface area contributed by atoms with Gasteiger partial charge in [0.15, 0.2) is 5.78 Å². The van der Waals surface area contributed by atoms with Gasteiger partial charge in [-0.3, -0.25) is 4.79 Å².